The summed E-state index contributed by atoms with van der Waals surface area (Å²) in [5.74, 6) is 0.918. The third-order valence-electron chi connectivity index (χ3n) is 3.87. The van der Waals surface area contributed by atoms with Crippen molar-refractivity contribution in [1.82, 2.24) is 14.5 Å². The highest BCUT2D eigenvalue weighted by atomic mass is 35.5. The number of nitrogens with zero attached hydrogens (tertiary/aromatic N) is 3. The number of hydrogen-bond donors (Lipinski definition) is 0. The largest absolute Gasteiger partial charge is 0.327 e. The molecule has 0 aliphatic rings. The summed E-state index contributed by atoms with van der Waals surface area (Å²) in [6, 6.07) is 6.36. The molecule has 0 saturated carbocycles. The second-order valence-electron chi connectivity index (χ2n) is 5.80. The molecule has 1 atom stereocenters. The molecule has 0 radical (unpaired) electrons. The molecule has 3 nitrogen and oxygen atoms in total. The Morgan fingerprint density at radius 1 is 1.29 bits per heavy atom. The molecule has 0 fully saturated rings. The van der Waals surface area contributed by atoms with Crippen LogP contribution in [0.1, 0.15) is 38.4 Å². The number of rotatable bonds is 6. The van der Waals surface area contributed by atoms with E-state index < -0.39 is 0 Å². The maximum Gasteiger partial charge on any atom is 0.127 e. The van der Waals surface area contributed by atoms with Crippen molar-refractivity contribution in [2.24, 2.45) is 0 Å². The SMILES string of the molecule is CC(Cl)c1nc2ccc(Cl)cc2n1CCCN(C)C(C)C. The molecule has 5 heteroatoms. The maximum atomic E-state index is 6.28. The number of imidazole rings is 1. The van der Waals surface area contributed by atoms with Crippen LogP contribution in [0.3, 0.4) is 0 Å². The monoisotopic (exact) mass is 327 g/mol. The van der Waals surface area contributed by atoms with Gasteiger partial charge in [-0.3, -0.25) is 0 Å². The molecule has 0 saturated heterocycles. The highest BCUT2D eigenvalue weighted by Gasteiger charge is 2.15. The summed E-state index contributed by atoms with van der Waals surface area (Å²) in [5.41, 5.74) is 2.02. The molecule has 116 valence electrons. The van der Waals surface area contributed by atoms with E-state index >= 15 is 0 Å². The highest BCUT2D eigenvalue weighted by Crippen LogP contribution is 2.26. The Labute approximate surface area is 136 Å². The first kappa shape index (κ1) is 16.6. The Balaban J connectivity index is 2.24. The van der Waals surface area contributed by atoms with Gasteiger partial charge in [0.1, 0.15) is 5.82 Å². The molecule has 0 spiro atoms. The van der Waals surface area contributed by atoms with Crippen molar-refractivity contribution >= 4 is 34.2 Å². The number of aryl methyl sites for hydroxylation is 1. The molecule has 1 aromatic heterocycles. The van der Waals surface area contributed by atoms with Crippen molar-refractivity contribution in [2.45, 2.75) is 45.2 Å². The summed E-state index contributed by atoms with van der Waals surface area (Å²) < 4.78 is 2.20. The van der Waals surface area contributed by atoms with Crippen LogP contribution in [0.25, 0.3) is 11.0 Å². The lowest BCUT2D eigenvalue weighted by molar-refractivity contribution is 0.265. The Hall–Kier alpha value is -0.770. The zero-order valence-corrected chi connectivity index (χ0v) is 14.6. The molecular weight excluding hydrogens is 305 g/mol. The first-order valence-electron chi connectivity index (χ1n) is 7.40. The van der Waals surface area contributed by atoms with Crippen molar-refractivity contribution in [3.8, 4) is 0 Å². The van der Waals surface area contributed by atoms with E-state index in [1.165, 1.54) is 0 Å². The van der Waals surface area contributed by atoms with Crippen molar-refractivity contribution in [1.29, 1.82) is 0 Å². The van der Waals surface area contributed by atoms with Crippen LogP contribution in [-0.4, -0.2) is 34.1 Å². The van der Waals surface area contributed by atoms with Gasteiger partial charge in [0.05, 0.1) is 16.4 Å². The van der Waals surface area contributed by atoms with E-state index in [2.05, 4.69) is 35.3 Å². The van der Waals surface area contributed by atoms with Crippen molar-refractivity contribution in [3.05, 3.63) is 29.0 Å². The Kier molecular flexibility index (Phi) is 5.53. The van der Waals surface area contributed by atoms with E-state index in [0.29, 0.717) is 6.04 Å². The molecule has 0 amide bonds. The van der Waals surface area contributed by atoms with Crippen LogP contribution in [-0.2, 0) is 6.54 Å². The van der Waals surface area contributed by atoms with Gasteiger partial charge in [-0.2, -0.15) is 0 Å². The van der Waals surface area contributed by atoms with Crippen LogP contribution < -0.4 is 0 Å². The average molecular weight is 328 g/mol. The van der Waals surface area contributed by atoms with Crippen LogP contribution in [0.4, 0.5) is 0 Å². The lowest BCUT2D eigenvalue weighted by Gasteiger charge is -2.21. The minimum atomic E-state index is -0.112. The van der Waals surface area contributed by atoms with Crippen molar-refractivity contribution in [3.63, 3.8) is 0 Å². The van der Waals surface area contributed by atoms with Crippen LogP contribution in [0.2, 0.25) is 5.02 Å². The second-order valence-corrected chi connectivity index (χ2v) is 6.89. The van der Waals surface area contributed by atoms with Crippen LogP contribution >= 0.6 is 23.2 Å². The molecule has 1 heterocycles. The fourth-order valence-corrected chi connectivity index (χ4v) is 2.72. The second kappa shape index (κ2) is 6.99. The summed E-state index contributed by atoms with van der Waals surface area (Å²) in [6.45, 7) is 8.33. The van der Waals surface area contributed by atoms with Gasteiger partial charge < -0.3 is 9.47 Å². The molecule has 0 bridgehead atoms. The van der Waals surface area contributed by atoms with Gasteiger partial charge in [0, 0.05) is 17.6 Å². The van der Waals surface area contributed by atoms with E-state index in [-0.39, 0.29) is 5.38 Å². The molecule has 1 unspecified atom stereocenters. The predicted octanol–water partition coefficient (Wildman–Crippen LogP) is 4.72. The first-order chi connectivity index (χ1) is 9.90. The molecule has 2 rings (SSSR count). The van der Waals surface area contributed by atoms with Gasteiger partial charge >= 0.3 is 0 Å². The average Bonchev–Trinajstić information content (AvgIpc) is 2.77. The molecular formula is C16H23Cl2N3. The number of aromatic nitrogens is 2. The summed E-state index contributed by atoms with van der Waals surface area (Å²) in [4.78, 5) is 6.99. The zero-order chi connectivity index (χ0) is 15.6. The molecule has 2 aromatic rings. The topological polar surface area (TPSA) is 21.1 Å². The minimum absolute atomic E-state index is 0.112. The first-order valence-corrected chi connectivity index (χ1v) is 8.21. The predicted molar refractivity (Wildman–Crippen MR) is 91.4 cm³/mol. The van der Waals surface area contributed by atoms with Gasteiger partial charge in [0.2, 0.25) is 0 Å². The summed E-state index contributed by atoms with van der Waals surface area (Å²) in [7, 11) is 2.15. The number of fused-ring (bicyclic) bond motifs is 1. The van der Waals surface area contributed by atoms with Gasteiger partial charge in [0.15, 0.2) is 0 Å². The van der Waals surface area contributed by atoms with Gasteiger partial charge in [-0.25, -0.2) is 4.98 Å². The van der Waals surface area contributed by atoms with Gasteiger partial charge in [-0.05, 0) is 59.0 Å². The van der Waals surface area contributed by atoms with Crippen LogP contribution in [0, 0.1) is 0 Å². The van der Waals surface area contributed by atoms with Gasteiger partial charge in [-0.1, -0.05) is 11.6 Å². The number of halogens is 2. The Bertz CT molecular complexity index is 605. The standard InChI is InChI=1S/C16H23Cl2N3/c1-11(2)20(4)8-5-9-21-15-10-13(18)6-7-14(15)19-16(21)12(3)17/h6-7,10-12H,5,8-9H2,1-4H3. The normalized spacial score (nSPS) is 13.5. The lowest BCUT2D eigenvalue weighted by Crippen LogP contribution is -2.28. The number of benzene rings is 1. The fourth-order valence-electron chi connectivity index (χ4n) is 2.39. The van der Waals surface area contributed by atoms with E-state index in [4.69, 9.17) is 23.2 Å². The highest BCUT2D eigenvalue weighted by molar-refractivity contribution is 6.31. The lowest BCUT2D eigenvalue weighted by atomic mass is 10.3. The van der Waals surface area contributed by atoms with Crippen molar-refractivity contribution in [2.75, 3.05) is 13.6 Å². The summed E-state index contributed by atoms with van der Waals surface area (Å²) in [6.07, 6.45) is 1.06. The minimum Gasteiger partial charge on any atom is -0.327 e. The summed E-state index contributed by atoms with van der Waals surface area (Å²) >= 11 is 12.4. The van der Waals surface area contributed by atoms with Gasteiger partial charge in [0.25, 0.3) is 0 Å². The quantitative estimate of drug-likeness (QED) is 0.716. The molecule has 0 aliphatic carbocycles. The maximum absolute atomic E-state index is 6.28. The van der Waals surface area contributed by atoms with Crippen LogP contribution in [0.5, 0.6) is 0 Å². The molecule has 0 N–H and O–H groups in total. The zero-order valence-electron chi connectivity index (χ0n) is 13.1. The molecule has 1 aromatic carbocycles. The van der Waals surface area contributed by atoms with Crippen LogP contribution in [0.15, 0.2) is 18.2 Å². The third-order valence-corrected chi connectivity index (χ3v) is 4.30. The molecule has 0 aliphatic heterocycles. The van der Waals surface area contributed by atoms with E-state index in [1.54, 1.807) is 0 Å². The smallest absolute Gasteiger partial charge is 0.127 e. The Morgan fingerprint density at radius 3 is 2.62 bits per heavy atom. The summed E-state index contributed by atoms with van der Waals surface area (Å²) in [5, 5.41) is 0.621. The van der Waals surface area contributed by atoms with E-state index in [9.17, 15) is 0 Å². The fraction of sp³-hybridized carbons (Fsp3) is 0.562. The number of hydrogen-bond acceptors (Lipinski definition) is 2. The van der Waals surface area contributed by atoms with Crippen molar-refractivity contribution < 1.29 is 0 Å². The molecule has 21 heavy (non-hydrogen) atoms. The number of alkyl halides is 1. The third kappa shape index (κ3) is 3.91. The van der Waals surface area contributed by atoms with Gasteiger partial charge in [-0.15, -0.1) is 11.6 Å². The van der Waals surface area contributed by atoms with E-state index in [1.807, 2.05) is 25.1 Å². The Morgan fingerprint density at radius 2 is 2.00 bits per heavy atom. The van der Waals surface area contributed by atoms with E-state index in [0.717, 1.165) is 41.4 Å².